The van der Waals surface area contributed by atoms with Crippen LogP contribution in [0, 0.1) is 0 Å². The monoisotopic (exact) mass is 626 g/mol. The summed E-state index contributed by atoms with van der Waals surface area (Å²) < 4.78 is 56.7. The minimum absolute atomic E-state index is 0.0498. The lowest BCUT2D eigenvalue weighted by atomic mass is 10.1. The molecule has 0 bridgehead atoms. The van der Waals surface area contributed by atoms with Crippen molar-refractivity contribution < 1.29 is 32.2 Å². The Hall–Kier alpha value is -3.32. The summed E-state index contributed by atoms with van der Waals surface area (Å²) in [6, 6.07) is 21.5. The van der Waals surface area contributed by atoms with Crippen LogP contribution in [-0.4, -0.2) is 24.9 Å². The van der Waals surface area contributed by atoms with Gasteiger partial charge in [-0.3, -0.25) is 0 Å². The van der Waals surface area contributed by atoms with Crippen molar-refractivity contribution >= 4 is 5.97 Å². The van der Waals surface area contributed by atoms with Gasteiger partial charge in [0.25, 0.3) is 0 Å². The number of halogens is 3. The fourth-order valence-electron chi connectivity index (χ4n) is 5.08. The van der Waals surface area contributed by atoms with Crippen LogP contribution in [-0.2, 0) is 11.3 Å². The lowest BCUT2D eigenvalue weighted by Crippen LogP contribution is -2.31. The van der Waals surface area contributed by atoms with Gasteiger partial charge in [0, 0.05) is 0 Å². The number of carbonyl (C=O) groups is 1. The molecule has 7 heteroatoms. The van der Waals surface area contributed by atoms with Crippen molar-refractivity contribution in [2.45, 2.75) is 116 Å². The lowest BCUT2D eigenvalue weighted by molar-refractivity contribution is -0.225. The van der Waals surface area contributed by atoms with E-state index in [9.17, 15) is 18.0 Å². The third-order valence-electron chi connectivity index (χ3n) is 7.84. The molecule has 0 spiro atoms. The molecule has 0 saturated heterocycles. The number of esters is 1. The number of alkyl halides is 3. The lowest BCUT2D eigenvalue weighted by Gasteiger charge is -2.21. The standard InChI is InChI=1S/C38H49F3O4/c1-3-5-7-9-10-11-12-14-28-43-34-24-20-31(21-25-34)32-22-26-35(27-23-32)45-37(42)33-18-16-30(17-19-33)29-44-36(38(39,40)41)15-13-8-6-4-2/h16-27,36H,3-15,28-29H2,1-2H3. The van der Waals surface area contributed by atoms with Gasteiger partial charge in [0.1, 0.15) is 11.5 Å². The first-order valence-electron chi connectivity index (χ1n) is 16.6. The van der Waals surface area contributed by atoms with Gasteiger partial charge >= 0.3 is 12.1 Å². The molecule has 0 saturated carbocycles. The minimum atomic E-state index is -4.41. The molecule has 3 aromatic rings. The van der Waals surface area contributed by atoms with Gasteiger partial charge in [0.2, 0.25) is 0 Å². The van der Waals surface area contributed by atoms with Crippen LogP contribution in [0.1, 0.15) is 113 Å². The summed E-state index contributed by atoms with van der Waals surface area (Å²) in [4.78, 5) is 12.7. The summed E-state index contributed by atoms with van der Waals surface area (Å²) in [7, 11) is 0. The zero-order chi connectivity index (χ0) is 32.3. The maximum absolute atomic E-state index is 13.4. The molecule has 1 atom stereocenters. The predicted molar refractivity (Wildman–Crippen MR) is 175 cm³/mol. The number of unbranched alkanes of at least 4 members (excludes halogenated alkanes) is 10. The summed E-state index contributed by atoms with van der Waals surface area (Å²) in [5.41, 5.74) is 2.87. The number of hydrogen-bond donors (Lipinski definition) is 0. The molecular formula is C38H49F3O4. The predicted octanol–water partition coefficient (Wildman–Crippen LogP) is 11.5. The molecule has 3 aromatic carbocycles. The van der Waals surface area contributed by atoms with Crippen LogP contribution >= 0.6 is 0 Å². The zero-order valence-corrected chi connectivity index (χ0v) is 26.9. The SMILES string of the molecule is CCCCCCCCCCOc1ccc(-c2ccc(OC(=O)c3ccc(COC(CCCCCC)C(F)(F)F)cc3)cc2)cc1. The number of rotatable bonds is 21. The van der Waals surface area contributed by atoms with Crippen molar-refractivity contribution in [2.24, 2.45) is 0 Å². The average molecular weight is 627 g/mol. The Balaban J connectivity index is 1.41. The van der Waals surface area contributed by atoms with Gasteiger partial charge in [0.05, 0.1) is 18.8 Å². The van der Waals surface area contributed by atoms with Gasteiger partial charge in [-0.1, -0.05) is 121 Å². The molecule has 0 heterocycles. The van der Waals surface area contributed by atoms with Crippen molar-refractivity contribution in [1.29, 1.82) is 0 Å². The fraction of sp³-hybridized carbons (Fsp3) is 0.500. The number of hydrogen-bond acceptors (Lipinski definition) is 4. The van der Waals surface area contributed by atoms with Crippen LogP contribution in [0.4, 0.5) is 13.2 Å². The molecule has 4 nitrogen and oxygen atoms in total. The Bertz CT molecular complexity index is 1220. The molecule has 0 aliphatic heterocycles. The van der Waals surface area contributed by atoms with Crippen LogP contribution < -0.4 is 9.47 Å². The molecular weight excluding hydrogens is 577 g/mol. The van der Waals surface area contributed by atoms with E-state index < -0.39 is 18.2 Å². The Morgan fingerprint density at radius 3 is 1.71 bits per heavy atom. The van der Waals surface area contributed by atoms with Crippen molar-refractivity contribution in [2.75, 3.05) is 6.61 Å². The smallest absolute Gasteiger partial charge is 0.414 e. The van der Waals surface area contributed by atoms with E-state index in [-0.39, 0.29) is 13.0 Å². The van der Waals surface area contributed by atoms with E-state index in [0.29, 0.717) is 23.3 Å². The second-order valence-electron chi connectivity index (χ2n) is 11.6. The van der Waals surface area contributed by atoms with E-state index >= 15 is 0 Å². The molecule has 246 valence electrons. The highest BCUT2D eigenvalue weighted by molar-refractivity contribution is 5.91. The maximum atomic E-state index is 13.4. The average Bonchev–Trinajstić information content (AvgIpc) is 3.04. The van der Waals surface area contributed by atoms with Crippen LogP contribution in [0.2, 0.25) is 0 Å². The van der Waals surface area contributed by atoms with Crippen LogP contribution in [0.25, 0.3) is 11.1 Å². The van der Waals surface area contributed by atoms with E-state index in [1.807, 2.05) is 43.3 Å². The van der Waals surface area contributed by atoms with E-state index in [1.165, 1.54) is 57.1 Å². The van der Waals surface area contributed by atoms with Crippen molar-refractivity contribution in [1.82, 2.24) is 0 Å². The van der Waals surface area contributed by atoms with Gasteiger partial charge < -0.3 is 14.2 Å². The molecule has 45 heavy (non-hydrogen) atoms. The Kier molecular flexibility index (Phi) is 16.0. The van der Waals surface area contributed by atoms with E-state index in [2.05, 4.69) is 6.92 Å². The van der Waals surface area contributed by atoms with E-state index in [0.717, 1.165) is 49.2 Å². The quantitative estimate of drug-likeness (QED) is 0.0670. The summed E-state index contributed by atoms with van der Waals surface area (Å²) in [5.74, 6) is 0.710. The number of carbonyl (C=O) groups excluding carboxylic acids is 1. The first-order chi connectivity index (χ1) is 21.8. The highest BCUT2D eigenvalue weighted by atomic mass is 19.4. The fourth-order valence-corrected chi connectivity index (χ4v) is 5.08. The second-order valence-corrected chi connectivity index (χ2v) is 11.6. The maximum Gasteiger partial charge on any atom is 0.414 e. The van der Waals surface area contributed by atoms with Crippen LogP contribution in [0.15, 0.2) is 72.8 Å². The highest BCUT2D eigenvalue weighted by Crippen LogP contribution is 2.29. The van der Waals surface area contributed by atoms with Gasteiger partial charge in [0.15, 0.2) is 6.10 Å². The van der Waals surface area contributed by atoms with Gasteiger partial charge in [-0.2, -0.15) is 13.2 Å². The van der Waals surface area contributed by atoms with Gasteiger partial charge in [-0.05, 0) is 65.9 Å². The summed E-state index contributed by atoms with van der Waals surface area (Å²) in [5, 5.41) is 0. The first-order valence-corrected chi connectivity index (χ1v) is 16.6. The molecule has 0 aliphatic rings. The summed E-state index contributed by atoms with van der Waals surface area (Å²) in [6.07, 6.45) is 7.01. The third kappa shape index (κ3) is 13.7. The Labute approximate surface area is 267 Å². The summed E-state index contributed by atoms with van der Waals surface area (Å²) >= 11 is 0. The molecule has 0 fully saturated rings. The summed E-state index contributed by atoms with van der Waals surface area (Å²) in [6.45, 7) is 4.80. The molecule has 0 N–H and O–H groups in total. The van der Waals surface area contributed by atoms with Gasteiger partial charge in [-0.25, -0.2) is 4.79 Å². The van der Waals surface area contributed by atoms with Crippen LogP contribution in [0.3, 0.4) is 0 Å². The minimum Gasteiger partial charge on any atom is -0.494 e. The molecule has 0 amide bonds. The van der Waals surface area contributed by atoms with E-state index in [1.54, 1.807) is 24.3 Å². The molecule has 1 unspecified atom stereocenters. The van der Waals surface area contributed by atoms with Crippen LogP contribution in [0.5, 0.6) is 11.5 Å². The van der Waals surface area contributed by atoms with Gasteiger partial charge in [-0.15, -0.1) is 0 Å². The zero-order valence-electron chi connectivity index (χ0n) is 26.9. The number of benzene rings is 3. The van der Waals surface area contributed by atoms with E-state index in [4.69, 9.17) is 14.2 Å². The third-order valence-corrected chi connectivity index (χ3v) is 7.84. The molecule has 0 aromatic heterocycles. The Morgan fingerprint density at radius 1 is 0.644 bits per heavy atom. The molecule has 3 rings (SSSR count). The Morgan fingerprint density at radius 2 is 1.16 bits per heavy atom. The number of ether oxygens (including phenoxy) is 3. The molecule has 0 aliphatic carbocycles. The highest BCUT2D eigenvalue weighted by Gasteiger charge is 2.40. The van der Waals surface area contributed by atoms with Crippen molar-refractivity contribution in [3.8, 4) is 22.6 Å². The largest absolute Gasteiger partial charge is 0.494 e. The second kappa shape index (κ2) is 19.9. The normalized spacial score (nSPS) is 12.2. The first kappa shape index (κ1) is 36.2. The van der Waals surface area contributed by atoms with Crippen molar-refractivity contribution in [3.63, 3.8) is 0 Å². The molecule has 0 radical (unpaired) electrons. The topological polar surface area (TPSA) is 44.8 Å². The van der Waals surface area contributed by atoms with Crippen molar-refractivity contribution in [3.05, 3.63) is 83.9 Å².